The summed E-state index contributed by atoms with van der Waals surface area (Å²) in [6, 6.07) is 3.77. The van der Waals surface area contributed by atoms with Crippen molar-refractivity contribution in [3.05, 3.63) is 30.1 Å². The summed E-state index contributed by atoms with van der Waals surface area (Å²) >= 11 is 0. The van der Waals surface area contributed by atoms with Crippen molar-refractivity contribution in [1.29, 1.82) is 0 Å². The highest BCUT2D eigenvalue weighted by Crippen LogP contribution is 2.14. The first-order valence-electron chi connectivity index (χ1n) is 7.82. The first-order chi connectivity index (χ1) is 9.95. The number of unbranched alkanes of at least 4 members (excludes halogenated alkanes) is 3. The van der Waals surface area contributed by atoms with E-state index in [4.69, 9.17) is 0 Å². The van der Waals surface area contributed by atoms with E-state index < -0.39 is 10.0 Å². The number of hydrogen-bond acceptors (Lipinski definition) is 3. The monoisotopic (exact) mass is 312 g/mol. The third-order valence-corrected chi connectivity index (χ3v) is 5.47. The van der Waals surface area contributed by atoms with Crippen LogP contribution in [0.2, 0.25) is 0 Å². The molecule has 0 fully saturated rings. The first-order valence-corrected chi connectivity index (χ1v) is 9.43. The summed E-state index contributed by atoms with van der Waals surface area (Å²) < 4.78 is 26.7. The summed E-state index contributed by atoms with van der Waals surface area (Å²) in [4.78, 5) is 4.07. The molecule has 0 aliphatic carbocycles. The molecule has 0 saturated heterocycles. The molecule has 0 amide bonds. The third-order valence-electron chi connectivity index (χ3n) is 3.28. The fourth-order valence-corrected chi connectivity index (χ4v) is 4.06. The normalized spacial score (nSPS) is 12.2. The van der Waals surface area contributed by atoms with Crippen LogP contribution in [0.5, 0.6) is 0 Å². The maximum absolute atomic E-state index is 12.5. The summed E-state index contributed by atoms with van der Waals surface area (Å²) in [5, 5.41) is 0. The lowest BCUT2D eigenvalue weighted by Gasteiger charge is -2.23. The highest BCUT2D eigenvalue weighted by molar-refractivity contribution is 7.89. The lowest BCUT2D eigenvalue weighted by molar-refractivity contribution is 0.389. The lowest BCUT2D eigenvalue weighted by atomic mass is 10.2. The molecule has 0 aromatic carbocycles. The van der Waals surface area contributed by atoms with Gasteiger partial charge in [0, 0.05) is 25.5 Å². The second-order valence-electron chi connectivity index (χ2n) is 5.93. The average Bonchev–Trinajstić information content (AvgIpc) is 2.42. The van der Waals surface area contributed by atoms with Crippen molar-refractivity contribution in [3.8, 4) is 0 Å². The maximum atomic E-state index is 12.5. The van der Waals surface area contributed by atoms with Gasteiger partial charge in [0.1, 0.15) is 0 Å². The zero-order chi connectivity index (χ0) is 15.7. The van der Waals surface area contributed by atoms with Crippen molar-refractivity contribution in [3.63, 3.8) is 0 Å². The summed E-state index contributed by atoms with van der Waals surface area (Å²) in [5.41, 5.74) is 0.945. The highest BCUT2D eigenvalue weighted by atomic mass is 32.2. The summed E-state index contributed by atoms with van der Waals surface area (Å²) in [6.45, 7) is 7.07. The molecule has 1 rings (SSSR count). The van der Waals surface area contributed by atoms with Crippen LogP contribution in [0.3, 0.4) is 0 Å². The van der Waals surface area contributed by atoms with Crippen LogP contribution >= 0.6 is 0 Å². The molecule has 0 saturated carbocycles. The molecule has 0 unspecified atom stereocenters. The van der Waals surface area contributed by atoms with Gasteiger partial charge in [-0.2, -0.15) is 4.31 Å². The molecule has 0 bridgehead atoms. The predicted octanol–water partition coefficient (Wildman–Crippen LogP) is 3.45. The van der Waals surface area contributed by atoms with Crippen LogP contribution in [-0.4, -0.2) is 30.0 Å². The molecular weight excluding hydrogens is 284 g/mol. The van der Waals surface area contributed by atoms with E-state index >= 15 is 0 Å². The van der Waals surface area contributed by atoms with E-state index in [0.717, 1.165) is 31.2 Å². The molecular formula is C16H28N2O2S. The van der Waals surface area contributed by atoms with Crippen molar-refractivity contribution in [1.82, 2.24) is 9.29 Å². The average molecular weight is 312 g/mol. The van der Waals surface area contributed by atoms with Gasteiger partial charge >= 0.3 is 0 Å². The van der Waals surface area contributed by atoms with E-state index in [1.54, 1.807) is 16.7 Å². The Morgan fingerprint density at radius 3 is 2.57 bits per heavy atom. The van der Waals surface area contributed by atoms with Gasteiger partial charge in [-0.1, -0.05) is 46.1 Å². The van der Waals surface area contributed by atoms with Gasteiger partial charge in [0.25, 0.3) is 0 Å². The molecule has 0 radical (unpaired) electrons. The van der Waals surface area contributed by atoms with Crippen molar-refractivity contribution in [2.24, 2.45) is 5.92 Å². The number of pyridine rings is 1. The first kappa shape index (κ1) is 18.1. The molecule has 21 heavy (non-hydrogen) atoms. The van der Waals surface area contributed by atoms with Crippen LogP contribution in [0.25, 0.3) is 0 Å². The quantitative estimate of drug-likeness (QED) is 0.622. The smallest absolute Gasteiger partial charge is 0.214 e. The standard InChI is InChI=1S/C16H28N2O2S/c1-4-5-6-7-11-18(21(19,20)14-15(2)3)13-16-9-8-10-17-12-16/h8-10,12,15H,4-7,11,13-14H2,1-3H3. The molecule has 120 valence electrons. The van der Waals surface area contributed by atoms with Gasteiger partial charge in [-0.05, 0) is 24.0 Å². The zero-order valence-corrected chi connectivity index (χ0v) is 14.3. The Morgan fingerprint density at radius 1 is 1.24 bits per heavy atom. The SMILES string of the molecule is CCCCCCN(Cc1cccnc1)S(=O)(=O)CC(C)C. The summed E-state index contributed by atoms with van der Waals surface area (Å²) in [7, 11) is -3.20. The van der Waals surface area contributed by atoms with Crippen LogP contribution in [0, 0.1) is 5.92 Å². The van der Waals surface area contributed by atoms with Crippen molar-refractivity contribution in [2.45, 2.75) is 53.0 Å². The molecule has 1 heterocycles. The molecule has 1 aromatic rings. The lowest BCUT2D eigenvalue weighted by Crippen LogP contribution is -2.35. The predicted molar refractivity (Wildman–Crippen MR) is 87.4 cm³/mol. The molecule has 1 aromatic heterocycles. The van der Waals surface area contributed by atoms with Gasteiger partial charge in [-0.15, -0.1) is 0 Å². The van der Waals surface area contributed by atoms with Gasteiger partial charge in [0.05, 0.1) is 5.75 Å². The fourth-order valence-electron chi connectivity index (χ4n) is 2.25. The number of sulfonamides is 1. The molecule has 0 atom stereocenters. The minimum atomic E-state index is -3.20. The van der Waals surface area contributed by atoms with Crippen LogP contribution in [0.15, 0.2) is 24.5 Å². The number of rotatable bonds is 10. The fraction of sp³-hybridized carbons (Fsp3) is 0.688. The number of aromatic nitrogens is 1. The van der Waals surface area contributed by atoms with Crippen molar-refractivity contribution in [2.75, 3.05) is 12.3 Å². The second-order valence-corrected chi connectivity index (χ2v) is 7.94. The van der Waals surface area contributed by atoms with Crippen LogP contribution in [0.1, 0.15) is 52.0 Å². The molecule has 0 aliphatic rings. The Hall–Kier alpha value is -0.940. The number of hydrogen-bond donors (Lipinski definition) is 0. The van der Waals surface area contributed by atoms with E-state index in [9.17, 15) is 8.42 Å². The number of nitrogens with zero attached hydrogens (tertiary/aromatic N) is 2. The van der Waals surface area contributed by atoms with E-state index in [-0.39, 0.29) is 11.7 Å². The summed E-state index contributed by atoms with van der Waals surface area (Å²) in [6.07, 6.45) is 7.76. The Morgan fingerprint density at radius 2 is 2.00 bits per heavy atom. The maximum Gasteiger partial charge on any atom is 0.214 e. The van der Waals surface area contributed by atoms with Gasteiger partial charge in [-0.3, -0.25) is 4.98 Å². The van der Waals surface area contributed by atoms with E-state index in [1.807, 2.05) is 26.0 Å². The van der Waals surface area contributed by atoms with Crippen molar-refractivity contribution >= 4 is 10.0 Å². The Bertz CT molecular complexity index is 486. The van der Waals surface area contributed by atoms with Crippen LogP contribution < -0.4 is 0 Å². The third kappa shape index (κ3) is 7.05. The molecule has 4 nitrogen and oxygen atoms in total. The zero-order valence-electron chi connectivity index (χ0n) is 13.5. The van der Waals surface area contributed by atoms with Gasteiger partial charge < -0.3 is 0 Å². The second kappa shape index (κ2) is 9.15. The minimum Gasteiger partial charge on any atom is -0.264 e. The highest BCUT2D eigenvalue weighted by Gasteiger charge is 2.23. The topological polar surface area (TPSA) is 50.3 Å². The minimum absolute atomic E-state index is 0.141. The molecule has 0 spiro atoms. The molecule has 0 aliphatic heterocycles. The molecule has 0 N–H and O–H groups in total. The largest absolute Gasteiger partial charge is 0.264 e. The van der Waals surface area contributed by atoms with Gasteiger partial charge in [-0.25, -0.2) is 8.42 Å². The van der Waals surface area contributed by atoms with Crippen LogP contribution in [0.4, 0.5) is 0 Å². The Labute approximate surface area is 129 Å². The van der Waals surface area contributed by atoms with E-state index in [1.165, 1.54) is 0 Å². The van der Waals surface area contributed by atoms with Gasteiger partial charge in [0.2, 0.25) is 10.0 Å². The van der Waals surface area contributed by atoms with Gasteiger partial charge in [0.15, 0.2) is 0 Å². The Balaban J connectivity index is 2.74. The van der Waals surface area contributed by atoms with Crippen molar-refractivity contribution < 1.29 is 8.42 Å². The Kier molecular flexibility index (Phi) is 7.89. The van der Waals surface area contributed by atoms with E-state index in [0.29, 0.717) is 13.1 Å². The summed E-state index contributed by atoms with van der Waals surface area (Å²) in [5.74, 6) is 0.350. The molecule has 5 heteroatoms. The van der Waals surface area contributed by atoms with E-state index in [2.05, 4.69) is 11.9 Å². The van der Waals surface area contributed by atoms with Crippen LogP contribution in [-0.2, 0) is 16.6 Å².